The van der Waals surface area contributed by atoms with Gasteiger partial charge in [0.25, 0.3) is 0 Å². The molecule has 0 saturated heterocycles. The van der Waals surface area contributed by atoms with Crippen LogP contribution in [0.25, 0.3) is 0 Å². The molecule has 0 spiro atoms. The molecule has 0 saturated carbocycles. The lowest BCUT2D eigenvalue weighted by Gasteiger charge is -2.23. The summed E-state index contributed by atoms with van der Waals surface area (Å²) in [6, 6.07) is 0. The Bertz CT molecular complexity index is 155. The zero-order valence-electron chi connectivity index (χ0n) is 7.15. The number of thiol groups is 3. The molecule has 0 aromatic heterocycles. The summed E-state index contributed by atoms with van der Waals surface area (Å²) >= 11 is 12.2. The minimum Gasteiger partial charge on any atom is -0.451 e. The highest BCUT2D eigenvalue weighted by Crippen LogP contribution is 2.23. The van der Waals surface area contributed by atoms with Crippen molar-refractivity contribution in [3.63, 3.8) is 0 Å². The molecule has 0 aliphatic carbocycles. The normalized spacial score (nSPS) is 18.1. The van der Waals surface area contributed by atoms with E-state index in [0.717, 1.165) is 0 Å². The highest BCUT2D eigenvalue weighted by molar-refractivity contribution is 7.86. The summed E-state index contributed by atoms with van der Waals surface area (Å²) in [7, 11) is 0. The Morgan fingerprint density at radius 1 is 1.67 bits per heavy atom. The first-order valence-electron chi connectivity index (χ1n) is 3.68. The summed E-state index contributed by atoms with van der Waals surface area (Å²) in [6.07, 6.45) is 0.596. The van der Waals surface area contributed by atoms with Crippen LogP contribution in [0.2, 0.25) is 0 Å². The molecule has 0 amide bonds. The van der Waals surface area contributed by atoms with Crippen molar-refractivity contribution in [2.75, 3.05) is 5.75 Å². The lowest BCUT2D eigenvalue weighted by Crippen LogP contribution is -2.36. The third kappa shape index (κ3) is 3.49. The summed E-state index contributed by atoms with van der Waals surface area (Å²) in [6.45, 7) is 3.55. The van der Waals surface area contributed by atoms with Crippen molar-refractivity contribution in [3.05, 3.63) is 0 Å². The van der Waals surface area contributed by atoms with Gasteiger partial charge >= 0.3 is 5.97 Å². The largest absolute Gasteiger partial charge is 0.451 e. The quantitative estimate of drug-likeness (QED) is 0.387. The molecule has 0 fully saturated rings. The van der Waals surface area contributed by atoms with Crippen LogP contribution < -0.4 is 0 Å². The van der Waals surface area contributed by atoms with Gasteiger partial charge in [0.2, 0.25) is 0 Å². The van der Waals surface area contributed by atoms with E-state index in [1.54, 1.807) is 6.92 Å². The average Bonchev–Trinajstić information content (AvgIpc) is 2.02. The first-order valence-corrected chi connectivity index (χ1v) is 5.28. The Morgan fingerprint density at radius 3 is 2.42 bits per heavy atom. The molecule has 72 valence electrons. The molecule has 0 aromatic carbocycles. The maximum atomic E-state index is 11.3. The molecular weight excluding hydrogens is 212 g/mol. The molecule has 2 unspecified atom stereocenters. The van der Waals surface area contributed by atoms with Gasteiger partial charge in [0, 0.05) is 5.75 Å². The highest BCUT2D eigenvalue weighted by Gasteiger charge is 2.33. The van der Waals surface area contributed by atoms with E-state index in [1.807, 2.05) is 6.92 Å². The zero-order chi connectivity index (χ0) is 9.78. The number of ether oxygens (including phenoxy) is 1. The van der Waals surface area contributed by atoms with Crippen molar-refractivity contribution in [1.82, 2.24) is 0 Å². The van der Waals surface area contributed by atoms with Gasteiger partial charge in [0.05, 0.1) is 0 Å². The third-order valence-corrected chi connectivity index (χ3v) is 3.06. The predicted molar refractivity (Wildman–Crippen MR) is 60.4 cm³/mol. The fraction of sp³-hybridized carbons (Fsp3) is 0.857. The molecule has 0 radical (unpaired) electrons. The van der Waals surface area contributed by atoms with Crippen molar-refractivity contribution in [2.24, 2.45) is 0 Å². The van der Waals surface area contributed by atoms with E-state index in [2.05, 4.69) is 37.9 Å². The standard InChI is InChI=1S/C7H14O2S3/c1-3-7(12,4-10)6(8)9-5(2)11/h5,10-12H,3-4H2,1-2H3. The Hall–Kier alpha value is 0.520. The van der Waals surface area contributed by atoms with E-state index < -0.39 is 10.2 Å². The van der Waals surface area contributed by atoms with Gasteiger partial charge in [-0.05, 0) is 13.3 Å². The summed E-state index contributed by atoms with van der Waals surface area (Å²) in [4.78, 5) is 11.3. The second kappa shape index (κ2) is 5.29. The predicted octanol–water partition coefficient (Wildman–Crippen LogP) is 1.81. The highest BCUT2D eigenvalue weighted by atomic mass is 32.1. The Morgan fingerprint density at radius 2 is 2.17 bits per heavy atom. The SMILES string of the molecule is CCC(S)(CS)C(=O)OC(C)S. The van der Waals surface area contributed by atoms with Gasteiger partial charge in [-0.3, -0.25) is 4.79 Å². The Labute approximate surface area is 89.7 Å². The summed E-state index contributed by atoms with van der Waals surface area (Å²) in [5.41, 5.74) is -0.393. The molecule has 0 rings (SSSR count). The molecule has 0 aromatic rings. The molecular formula is C7H14O2S3. The fourth-order valence-electron chi connectivity index (χ4n) is 0.585. The molecule has 5 heteroatoms. The molecule has 0 N–H and O–H groups in total. The molecule has 12 heavy (non-hydrogen) atoms. The van der Waals surface area contributed by atoms with E-state index >= 15 is 0 Å². The summed E-state index contributed by atoms with van der Waals surface area (Å²) in [5.74, 6) is 0.0113. The van der Waals surface area contributed by atoms with Crippen LogP contribution in [0.5, 0.6) is 0 Å². The van der Waals surface area contributed by atoms with Gasteiger partial charge in [-0.1, -0.05) is 6.92 Å². The third-order valence-electron chi connectivity index (χ3n) is 1.50. The van der Waals surface area contributed by atoms with Gasteiger partial charge in [-0.25, -0.2) is 0 Å². The van der Waals surface area contributed by atoms with E-state index in [1.165, 1.54) is 0 Å². The van der Waals surface area contributed by atoms with Crippen molar-refractivity contribution in [2.45, 2.75) is 30.5 Å². The van der Waals surface area contributed by atoms with Crippen LogP contribution in [0, 0.1) is 0 Å². The number of carbonyl (C=O) groups excluding carboxylic acids is 1. The summed E-state index contributed by atoms with van der Waals surface area (Å²) < 4.78 is 4.12. The van der Waals surface area contributed by atoms with E-state index in [9.17, 15) is 4.79 Å². The molecule has 0 heterocycles. The maximum absolute atomic E-state index is 11.3. The van der Waals surface area contributed by atoms with Crippen LogP contribution in [0.3, 0.4) is 0 Å². The minimum absolute atomic E-state index is 0.356. The van der Waals surface area contributed by atoms with Crippen molar-refractivity contribution in [3.8, 4) is 0 Å². The van der Waals surface area contributed by atoms with E-state index in [-0.39, 0.29) is 5.97 Å². The molecule has 0 aliphatic heterocycles. The number of hydrogen-bond acceptors (Lipinski definition) is 5. The summed E-state index contributed by atoms with van der Waals surface area (Å²) in [5, 5.41) is 0. The van der Waals surface area contributed by atoms with Crippen molar-refractivity contribution in [1.29, 1.82) is 0 Å². The Balaban J connectivity index is 4.22. The second-order valence-electron chi connectivity index (χ2n) is 2.55. The van der Waals surface area contributed by atoms with Crippen LogP contribution in [-0.4, -0.2) is 21.9 Å². The van der Waals surface area contributed by atoms with Gasteiger partial charge < -0.3 is 4.74 Å². The first-order chi connectivity index (χ1) is 5.46. The van der Waals surface area contributed by atoms with Gasteiger partial charge in [0.1, 0.15) is 10.2 Å². The van der Waals surface area contributed by atoms with Crippen LogP contribution in [-0.2, 0) is 9.53 Å². The Kier molecular flexibility index (Phi) is 5.52. The van der Waals surface area contributed by atoms with Crippen LogP contribution >= 0.6 is 37.9 Å². The lowest BCUT2D eigenvalue weighted by atomic mass is 10.1. The maximum Gasteiger partial charge on any atom is 0.323 e. The van der Waals surface area contributed by atoms with Crippen LogP contribution in [0.1, 0.15) is 20.3 Å². The number of carbonyl (C=O) groups is 1. The van der Waals surface area contributed by atoms with Crippen LogP contribution in [0.15, 0.2) is 0 Å². The molecule has 2 nitrogen and oxygen atoms in total. The van der Waals surface area contributed by atoms with Gasteiger partial charge in [-0.15, -0.1) is 12.6 Å². The van der Waals surface area contributed by atoms with Crippen LogP contribution in [0.4, 0.5) is 0 Å². The van der Waals surface area contributed by atoms with E-state index in [0.29, 0.717) is 12.2 Å². The monoisotopic (exact) mass is 226 g/mol. The topological polar surface area (TPSA) is 26.3 Å². The number of rotatable bonds is 4. The van der Waals surface area contributed by atoms with Crippen molar-refractivity contribution >= 4 is 43.9 Å². The molecule has 0 aliphatic rings. The zero-order valence-corrected chi connectivity index (χ0v) is 9.83. The lowest BCUT2D eigenvalue weighted by molar-refractivity contribution is -0.146. The average molecular weight is 226 g/mol. The fourth-order valence-corrected chi connectivity index (χ4v) is 1.09. The van der Waals surface area contributed by atoms with Crippen molar-refractivity contribution < 1.29 is 9.53 Å². The molecule has 0 bridgehead atoms. The smallest absolute Gasteiger partial charge is 0.323 e. The van der Waals surface area contributed by atoms with Gasteiger partial charge in [0.15, 0.2) is 0 Å². The van der Waals surface area contributed by atoms with Gasteiger partial charge in [-0.2, -0.15) is 25.3 Å². The van der Waals surface area contributed by atoms with E-state index in [4.69, 9.17) is 4.74 Å². The molecule has 2 atom stereocenters. The minimum atomic E-state index is -0.778. The second-order valence-corrected chi connectivity index (χ2v) is 4.45. The number of hydrogen-bond donors (Lipinski definition) is 3. The number of esters is 1. The first kappa shape index (κ1) is 12.5.